The maximum absolute atomic E-state index is 10.7. The summed E-state index contributed by atoms with van der Waals surface area (Å²) < 4.78 is 1.74. The topological polar surface area (TPSA) is 122 Å². The number of hydrogen-bond acceptors (Lipinski definition) is 7. The summed E-state index contributed by atoms with van der Waals surface area (Å²) in [5, 5.41) is 19.6. The van der Waals surface area contributed by atoms with Crippen LogP contribution >= 0.6 is 22.9 Å². The minimum Gasteiger partial charge on any atom is -0.325 e. The van der Waals surface area contributed by atoms with Crippen LogP contribution in [-0.4, -0.2) is 33.4 Å². The number of halogens is 1. The average molecular weight is 464 g/mol. The first-order valence-electron chi connectivity index (χ1n) is 9.56. The highest BCUT2D eigenvalue weighted by Crippen LogP contribution is 2.42. The fourth-order valence-electron chi connectivity index (χ4n) is 3.57. The molecule has 3 heterocycles. The molecule has 4 rings (SSSR count). The lowest BCUT2D eigenvalue weighted by Crippen LogP contribution is -2.20. The molecule has 0 aliphatic heterocycles. The van der Waals surface area contributed by atoms with E-state index in [-0.39, 0.29) is 6.54 Å². The monoisotopic (exact) mass is 463 g/mol. The van der Waals surface area contributed by atoms with Gasteiger partial charge in [0.15, 0.2) is 0 Å². The van der Waals surface area contributed by atoms with Gasteiger partial charge in [-0.05, 0) is 30.2 Å². The van der Waals surface area contributed by atoms with E-state index in [1.807, 2.05) is 32.2 Å². The molecule has 160 valence electrons. The van der Waals surface area contributed by atoms with Crippen LogP contribution in [0.3, 0.4) is 0 Å². The molecule has 3 N–H and O–H groups in total. The van der Waals surface area contributed by atoms with Crippen molar-refractivity contribution in [3.63, 3.8) is 0 Å². The molecule has 0 atom stereocenters. The molecule has 0 saturated carbocycles. The molecule has 0 aliphatic rings. The average Bonchev–Trinajstić information content (AvgIpc) is 3.34. The Labute approximate surface area is 192 Å². The lowest BCUT2D eigenvalue weighted by molar-refractivity contribution is -0.109. The smallest absolute Gasteiger partial charge is 0.227 e. The number of amides is 1. The summed E-state index contributed by atoms with van der Waals surface area (Å²) in [5.74, 6) is 0. The second-order valence-electron chi connectivity index (χ2n) is 6.99. The molecular formula is C22H18ClN7OS. The summed E-state index contributed by atoms with van der Waals surface area (Å²) in [7, 11) is 1.83. The van der Waals surface area contributed by atoms with Crippen LogP contribution in [-0.2, 0) is 11.8 Å². The summed E-state index contributed by atoms with van der Waals surface area (Å²) in [6.07, 6.45) is 3.83. The maximum atomic E-state index is 10.7. The lowest BCUT2D eigenvalue weighted by atomic mass is 9.96. The molecule has 32 heavy (non-hydrogen) atoms. The Bertz CT molecular complexity index is 1410. The van der Waals surface area contributed by atoms with Gasteiger partial charge in [0.1, 0.15) is 10.9 Å². The molecule has 4 aromatic rings. The van der Waals surface area contributed by atoms with E-state index >= 15 is 0 Å². The van der Waals surface area contributed by atoms with E-state index in [1.165, 1.54) is 11.3 Å². The third-order valence-corrected chi connectivity index (χ3v) is 6.41. The summed E-state index contributed by atoms with van der Waals surface area (Å²) in [4.78, 5) is 16.6. The van der Waals surface area contributed by atoms with Gasteiger partial charge in [-0.15, -0.1) is 11.3 Å². The van der Waals surface area contributed by atoms with Gasteiger partial charge < -0.3 is 5.73 Å². The molecule has 0 aliphatic carbocycles. The number of nitrogens with one attached hydrogen (secondary N) is 1. The van der Waals surface area contributed by atoms with Crippen LogP contribution in [0.15, 0.2) is 41.8 Å². The number of pyridine rings is 1. The van der Waals surface area contributed by atoms with Crippen LogP contribution in [0.25, 0.3) is 31.9 Å². The van der Waals surface area contributed by atoms with Crippen LogP contribution in [0.1, 0.15) is 16.7 Å². The summed E-state index contributed by atoms with van der Waals surface area (Å²) >= 11 is 7.54. The molecule has 0 radical (unpaired) electrons. The zero-order chi connectivity index (χ0) is 22.8. The fourth-order valence-corrected chi connectivity index (χ4v) is 4.90. The molecule has 0 bridgehead atoms. The Morgan fingerprint density at radius 2 is 2.22 bits per heavy atom. The molecule has 1 aromatic carbocycles. The number of hydrogen-bond donors (Lipinski definition) is 2. The highest BCUT2D eigenvalue weighted by molar-refractivity contribution is 7.22. The number of carbonyl (C=O) groups is 1. The van der Waals surface area contributed by atoms with Gasteiger partial charge in [-0.1, -0.05) is 23.7 Å². The van der Waals surface area contributed by atoms with Crippen molar-refractivity contribution in [3.05, 3.63) is 58.4 Å². The summed E-state index contributed by atoms with van der Waals surface area (Å²) in [5.41, 5.74) is 13.6. The molecule has 0 spiro atoms. The predicted molar refractivity (Wildman–Crippen MR) is 127 cm³/mol. The number of nitrogens with two attached hydrogens (primary N) is 1. The number of nitrogens with zero attached hydrogens (tertiary/aromatic N) is 5. The number of hydrazone groups is 1. The number of aromatic nitrogens is 3. The summed E-state index contributed by atoms with van der Waals surface area (Å²) in [6, 6.07) is 9.97. The molecular weight excluding hydrogens is 446 g/mol. The van der Waals surface area contributed by atoms with Gasteiger partial charge in [-0.3, -0.25) is 9.48 Å². The van der Waals surface area contributed by atoms with E-state index in [0.717, 1.165) is 37.7 Å². The first kappa shape index (κ1) is 21.6. The number of nitriles is 1. The van der Waals surface area contributed by atoms with Crippen LogP contribution in [0.5, 0.6) is 0 Å². The Kier molecular flexibility index (Phi) is 6.01. The van der Waals surface area contributed by atoms with Crippen LogP contribution in [0.4, 0.5) is 0 Å². The Morgan fingerprint density at radius 3 is 2.94 bits per heavy atom. The predicted octanol–water partition coefficient (Wildman–Crippen LogP) is 3.61. The fraction of sp³-hybridized carbons (Fsp3) is 0.136. The van der Waals surface area contributed by atoms with E-state index in [2.05, 4.69) is 26.7 Å². The van der Waals surface area contributed by atoms with Gasteiger partial charge in [0.2, 0.25) is 6.41 Å². The zero-order valence-corrected chi connectivity index (χ0v) is 18.8. The maximum Gasteiger partial charge on any atom is 0.227 e. The quantitative estimate of drug-likeness (QED) is 0.257. The number of aryl methyl sites for hydroxylation is 2. The first-order chi connectivity index (χ1) is 15.5. The zero-order valence-electron chi connectivity index (χ0n) is 17.3. The Hall–Kier alpha value is -3.58. The lowest BCUT2D eigenvalue weighted by Gasteiger charge is -2.11. The van der Waals surface area contributed by atoms with Gasteiger partial charge in [-0.2, -0.15) is 15.5 Å². The van der Waals surface area contributed by atoms with Gasteiger partial charge in [0.05, 0.1) is 33.1 Å². The molecule has 8 nitrogen and oxygen atoms in total. The van der Waals surface area contributed by atoms with Gasteiger partial charge in [0, 0.05) is 36.3 Å². The van der Waals surface area contributed by atoms with Crippen molar-refractivity contribution in [2.45, 2.75) is 6.92 Å². The van der Waals surface area contributed by atoms with Crippen molar-refractivity contribution >= 4 is 45.3 Å². The second-order valence-corrected chi connectivity index (χ2v) is 8.43. The third-order valence-electron chi connectivity index (χ3n) is 5.08. The molecule has 0 unspecified atom stereocenters. The van der Waals surface area contributed by atoms with E-state index in [9.17, 15) is 10.1 Å². The van der Waals surface area contributed by atoms with E-state index in [0.29, 0.717) is 28.1 Å². The van der Waals surface area contributed by atoms with E-state index < -0.39 is 0 Å². The minimum absolute atomic E-state index is 0.159. The van der Waals surface area contributed by atoms with Gasteiger partial charge in [-0.25, -0.2) is 10.4 Å². The number of fused-ring (bicyclic) bond motifs is 1. The second kappa shape index (κ2) is 8.88. The number of benzene rings is 1. The number of carbonyl (C=O) groups excluding carboxylic acids is 1. The largest absolute Gasteiger partial charge is 0.325 e. The van der Waals surface area contributed by atoms with Crippen LogP contribution < -0.4 is 11.2 Å². The standard InChI is InChI=1S/C22H18ClN7OS/c1-12-3-4-13(5-15(12)19(8-25)29-27-11-31)18-10-28-30(2)20(18)21-17(7-24)16-6-14(23)9-26-22(16)32-21/h3-6,9-11H,8,25H2,1-2H3,(H,27,31)/b29-19-. The van der Waals surface area contributed by atoms with Crippen LogP contribution in [0, 0.1) is 18.3 Å². The number of rotatable bonds is 6. The first-order valence-corrected chi connectivity index (χ1v) is 10.8. The van der Waals surface area contributed by atoms with Crippen molar-refractivity contribution in [2.75, 3.05) is 6.54 Å². The van der Waals surface area contributed by atoms with Gasteiger partial charge >= 0.3 is 0 Å². The Balaban J connectivity index is 1.92. The highest BCUT2D eigenvalue weighted by atomic mass is 35.5. The Morgan fingerprint density at radius 1 is 1.41 bits per heavy atom. The van der Waals surface area contributed by atoms with Crippen molar-refractivity contribution in [3.8, 4) is 27.8 Å². The molecule has 3 aromatic heterocycles. The van der Waals surface area contributed by atoms with Crippen molar-refractivity contribution < 1.29 is 4.79 Å². The molecule has 10 heteroatoms. The minimum atomic E-state index is 0.159. The van der Waals surface area contributed by atoms with Crippen molar-refractivity contribution in [1.82, 2.24) is 20.2 Å². The third kappa shape index (κ3) is 3.76. The number of thiophene rings is 1. The SMILES string of the molecule is Cc1ccc(-c2cnn(C)c2-c2sc3ncc(Cl)cc3c2C#N)cc1/C(CN)=N\NC=O. The molecule has 0 saturated heterocycles. The highest BCUT2D eigenvalue weighted by Gasteiger charge is 2.22. The van der Waals surface area contributed by atoms with Crippen LogP contribution in [0.2, 0.25) is 5.02 Å². The normalized spacial score (nSPS) is 11.5. The van der Waals surface area contributed by atoms with E-state index in [1.54, 1.807) is 23.1 Å². The van der Waals surface area contributed by atoms with Crippen molar-refractivity contribution in [1.29, 1.82) is 5.26 Å². The molecule has 1 amide bonds. The van der Waals surface area contributed by atoms with Gasteiger partial charge in [0.25, 0.3) is 0 Å². The van der Waals surface area contributed by atoms with E-state index in [4.69, 9.17) is 17.3 Å². The van der Waals surface area contributed by atoms with Crippen molar-refractivity contribution in [2.24, 2.45) is 17.9 Å². The molecule has 0 fully saturated rings. The summed E-state index contributed by atoms with van der Waals surface area (Å²) in [6.45, 7) is 2.11.